The van der Waals surface area contributed by atoms with Gasteiger partial charge in [0, 0.05) is 45.2 Å². The Balaban J connectivity index is 1.39. The molecule has 4 aliphatic carbocycles. The van der Waals surface area contributed by atoms with Crippen LogP contribution in [0.4, 0.5) is 11.4 Å². The van der Waals surface area contributed by atoms with E-state index in [9.17, 15) is 0 Å². The van der Waals surface area contributed by atoms with Gasteiger partial charge in [-0.1, -0.05) is 128 Å². The van der Waals surface area contributed by atoms with Gasteiger partial charge in [0.2, 0.25) is 0 Å². The monoisotopic (exact) mass is 596 g/mol. The average molecular weight is 597 g/mol. The fraction of sp³-hybridized carbons (Fsp3) is 0.182. The molecule has 0 spiro atoms. The maximum atomic E-state index is 2.61. The highest BCUT2D eigenvalue weighted by atomic mass is 15.2. The third kappa shape index (κ3) is 5.08. The predicted molar refractivity (Wildman–Crippen MR) is 194 cm³/mol. The quantitative estimate of drug-likeness (QED) is 0.219. The summed E-state index contributed by atoms with van der Waals surface area (Å²) >= 11 is 0. The van der Waals surface area contributed by atoms with Gasteiger partial charge >= 0.3 is 0 Å². The smallest absolute Gasteiger partial charge is 0.0559 e. The zero-order chi connectivity index (χ0) is 31.0. The maximum Gasteiger partial charge on any atom is 0.0559 e. The van der Waals surface area contributed by atoms with Crippen LogP contribution in [0.3, 0.4) is 0 Å². The minimum Gasteiger partial charge on any atom is -0.334 e. The van der Waals surface area contributed by atoms with Crippen LogP contribution in [-0.4, -0.2) is 10.9 Å². The summed E-state index contributed by atoms with van der Waals surface area (Å²) in [5, 5.41) is 2.64. The normalized spacial score (nSPS) is 21.1. The van der Waals surface area contributed by atoms with Gasteiger partial charge in [0.1, 0.15) is 0 Å². The van der Waals surface area contributed by atoms with Crippen LogP contribution in [0.1, 0.15) is 48.8 Å². The summed E-state index contributed by atoms with van der Waals surface area (Å²) in [5.74, 6) is 0.820. The SMILES string of the molecule is Cc1ccc(N(C2=c3ccccc3=C3C=C(N(C4=CCC(C)C=C4)C4C=CC=CC4)c4ccccc4C3C2)c2ccccc2)cc1. The lowest BCUT2D eigenvalue weighted by Crippen LogP contribution is -2.41. The van der Waals surface area contributed by atoms with Crippen LogP contribution in [0.2, 0.25) is 0 Å². The molecule has 0 fully saturated rings. The summed E-state index contributed by atoms with van der Waals surface area (Å²) in [6.07, 6.45) is 21.7. The van der Waals surface area contributed by atoms with Gasteiger partial charge in [-0.2, -0.15) is 0 Å². The summed E-state index contributed by atoms with van der Waals surface area (Å²) in [4.78, 5) is 5.09. The zero-order valence-electron chi connectivity index (χ0n) is 26.7. The summed E-state index contributed by atoms with van der Waals surface area (Å²) in [7, 11) is 0. The summed E-state index contributed by atoms with van der Waals surface area (Å²) in [6, 6.07) is 38.3. The minimum atomic E-state index is 0.251. The highest BCUT2D eigenvalue weighted by Crippen LogP contribution is 2.47. The molecular weight excluding hydrogens is 556 g/mol. The van der Waals surface area contributed by atoms with Crippen molar-refractivity contribution in [2.24, 2.45) is 5.92 Å². The molecule has 3 unspecified atom stereocenters. The van der Waals surface area contributed by atoms with Crippen LogP contribution in [0.5, 0.6) is 0 Å². The van der Waals surface area contributed by atoms with E-state index in [1.165, 1.54) is 61.2 Å². The van der Waals surface area contributed by atoms with Gasteiger partial charge in [-0.3, -0.25) is 0 Å². The Bertz CT molecular complexity index is 2060. The molecule has 4 aromatic rings. The average Bonchev–Trinajstić information content (AvgIpc) is 3.11. The number of fused-ring (bicyclic) bond motifs is 4. The second-order valence-electron chi connectivity index (χ2n) is 13.0. The van der Waals surface area contributed by atoms with E-state index >= 15 is 0 Å². The van der Waals surface area contributed by atoms with Crippen molar-refractivity contribution in [3.8, 4) is 0 Å². The van der Waals surface area contributed by atoms with Crippen LogP contribution >= 0.6 is 0 Å². The van der Waals surface area contributed by atoms with E-state index in [1.54, 1.807) is 0 Å². The van der Waals surface area contributed by atoms with Gasteiger partial charge in [-0.25, -0.2) is 0 Å². The summed E-state index contributed by atoms with van der Waals surface area (Å²) in [6.45, 7) is 4.46. The topological polar surface area (TPSA) is 6.48 Å². The van der Waals surface area contributed by atoms with Crippen LogP contribution in [0.15, 0.2) is 157 Å². The minimum absolute atomic E-state index is 0.251. The van der Waals surface area contributed by atoms with Crippen molar-refractivity contribution in [3.63, 3.8) is 0 Å². The molecule has 0 heterocycles. The number of aryl methyl sites for hydroxylation is 1. The largest absolute Gasteiger partial charge is 0.334 e. The molecule has 8 rings (SSSR count). The molecule has 2 heteroatoms. The van der Waals surface area contributed by atoms with Crippen molar-refractivity contribution < 1.29 is 0 Å². The van der Waals surface area contributed by atoms with Gasteiger partial charge < -0.3 is 9.80 Å². The lowest BCUT2D eigenvalue weighted by atomic mass is 9.75. The van der Waals surface area contributed by atoms with Crippen molar-refractivity contribution in [2.75, 3.05) is 4.90 Å². The van der Waals surface area contributed by atoms with Crippen molar-refractivity contribution in [2.45, 2.75) is 45.1 Å². The van der Waals surface area contributed by atoms with Crippen LogP contribution < -0.4 is 15.3 Å². The molecule has 0 saturated carbocycles. The van der Waals surface area contributed by atoms with Gasteiger partial charge in [0.25, 0.3) is 0 Å². The fourth-order valence-corrected chi connectivity index (χ4v) is 7.61. The number of allylic oxidation sites excluding steroid dienone is 6. The van der Waals surface area contributed by atoms with E-state index in [4.69, 9.17) is 0 Å². The van der Waals surface area contributed by atoms with E-state index in [2.05, 4.69) is 175 Å². The van der Waals surface area contributed by atoms with E-state index in [0.717, 1.165) is 19.3 Å². The Labute approximate surface area is 273 Å². The predicted octanol–water partition coefficient (Wildman–Crippen LogP) is 9.30. The first kappa shape index (κ1) is 28.4. The third-order valence-electron chi connectivity index (χ3n) is 9.92. The summed E-state index contributed by atoms with van der Waals surface area (Å²) < 4.78 is 0. The first-order valence-corrected chi connectivity index (χ1v) is 16.7. The second kappa shape index (κ2) is 12.0. The molecular formula is C44H40N2. The highest BCUT2D eigenvalue weighted by molar-refractivity contribution is 5.90. The first-order valence-electron chi connectivity index (χ1n) is 16.7. The molecule has 0 amide bonds. The Kier molecular flexibility index (Phi) is 7.42. The molecule has 4 aromatic carbocycles. The molecule has 0 saturated heterocycles. The number of benzene rings is 4. The molecule has 0 N–H and O–H groups in total. The van der Waals surface area contributed by atoms with Crippen molar-refractivity contribution in [1.29, 1.82) is 0 Å². The second-order valence-corrected chi connectivity index (χ2v) is 13.0. The standard InChI is InChI=1S/C44H40N2/c1-31-21-25-35(26-22-31)45(33-13-5-3-6-14-33)43-29-41-38-18-10-12-20-40(38)44(30-42(41)37-17-9-11-19-39(37)43)46(34-15-7-4-8-16-34)36-27-23-32(2)24-28-36/h3-15,17-23,25-28,30,32,34,41H,16,24,29H2,1-2H3. The van der Waals surface area contributed by atoms with Crippen molar-refractivity contribution >= 4 is 28.3 Å². The van der Waals surface area contributed by atoms with Gasteiger partial charge in [0.05, 0.1) is 6.04 Å². The Morgan fingerprint density at radius 1 is 0.696 bits per heavy atom. The van der Waals surface area contributed by atoms with Crippen molar-refractivity contribution in [1.82, 2.24) is 4.90 Å². The molecule has 3 atom stereocenters. The highest BCUT2D eigenvalue weighted by Gasteiger charge is 2.35. The number of rotatable bonds is 6. The Morgan fingerprint density at radius 3 is 2.20 bits per heavy atom. The molecule has 46 heavy (non-hydrogen) atoms. The molecule has 0 bridgehead atoms. The molecule has 0 aromatic heterocycles. The molecule has 4 aliphatic rings. The Morgan fingerprint density at radius 2 is 1.43 bits per heavy atom. The number of hydrogen-bond acceptors (Lipinski definition) is 2. The van der Waals surface area contributed by atoms with Gasteiger partial charge in [-0.05, 0) is 84.9 Å². The van der Waals surface area contributed by atoms with Gasteiger partial charge in [0.15, 0.2) is 0 Å². The summed E-state index contributed by atoms with van der Waals surface area (Å²) in [5.41, 5.74) is 11.8. The number of anilines is 2. The third-order valence-corrected chi connectivity index (χ3v) is 9.92. The lowest BCUT2D eigenvalue weighted by Gasteiger charge is -2.41. The first-order chi connectivity index (χ1) is 22.7. The van der Waals surface area contributed by atoms with E-state index < -0.39 is 0 Å². The molecule has 0 radical (unpaired) electrons. The molecule has 2 nitrogen and oxygen atoms in total. The maximum absolute atomic E-state index is 2.61. The lowest BCUT2D eigenvalue weighted by molar-refractivity contribution is 0.417. The van der Waals surface area contributed by atoms with Crippen LogP contribution in [0.25, 0.3) is 17.0 Å². The van der Waals surface area contributed by atoms with E-state index in [-0.39, 0.29) is 12.0 Å². The molecule has 0 aliphatic heterocycles. The Hall–Kier alpha value is -5.08. The zero-order valence-corrected chi connectivity index (χ0v) is 26.7. The molecule has 226 valence electrons. The number of para-hydroxylation sites is 1. The van der Waals surface area contributed by atoms with E-state index in [1.807, 2.05) is 0 Å². The number of hydrogen-bond donors (Lipinski definition) is 0. The van der Waals surface area contributed by atoms with Crippen LogP contribution in [-0.2, 0) is 0 Å². The van der Waals surface area contributed by atoms with Crippen molar-refractivity contribution in [3.05, 3.63) is 185 Å². The van der Waals surface area contributed by atoms with Crippen LogP contribution in [0, 0.1) is 12.8 Å². The van der Waals surface area contributed by atoms with E-state index in [0.29, 0.717) is 5.92 Å². The van der Waals surface area contributed by atoms with Gasteiger partial charge in [-0.15, -0.1) is 0 Å². The number of nitrogens with zero attached hydrogens (tertiary/aromatic N) is 2. The fourth-order valence-electron chi connectivity index (χ4n) is 7.61.